The van der Waals surface area contributed by atoms with Crippen LogP contribution in [0, 0.1) is 11.3 Å². The SMILES string of the molecule is COc1ccc(C(c2cccc(OC)c2)[C@H](C(=O)O)C(C)(C)C)cc1. The van der Waals surface area contributed by atoms with Crippen LogP contribution in [0.25, 0.3) is 0 Å². The van der Waals surface area contributed by atoms with Crippen molar-refractivity contribution in [3.8, 4) is 11.5 Å². The van der Waals surface area contributed by atoms with E-state index >= 15 is 0 Å². The van der Waals surface area contributed by atoms with Gasteiger partial charge in [0.2, 0.25) is 0 Å². The molecule has 4 heteroatoms. The number of aliphatic carboxylic acids is 1. The van der Waals surface area contributed by atoms with Crippen LogP contribution in [0.5, 0.6) is 11.5 Å². The summed E-state index contributed by atoms with van der Waals surface area (Å²) in [4.78, 5) is 12.2. The Labute approximate surface area is 149 Å². The van der Waals surface area contributed by atoms with E-state index in [9.17, 15) is 9.90 Å². The second-order valence-corrected chi connectivity index (χ2v) is 7.21. The lowest BCUT2D eigenvalue weighted by Crippen LogP contribution is -2.34. The van der Waals surface area contributed by atoms with Gasteiger partial charge < -0.3 is 14.6 Å². The Morgan fingerprint density at radius 1 is 0.920 bits per heavy atom. The van der Waals surface area contributed by atoms with E-state index in [2.05, 4.69) is 0 Å². The molecular formula is C21H26O4. The predicted octanol–water partition coefficient (Wildman–Crippen LogP) is 4.58. The molecular weight excluding hydrogens is 316 g/mol. The Morgan fingerprint density at radius 3 is 2.00 bits per heavy atom. The lowest BCUT2D eigenvalue weighted by Gasteiger charge is -2.35. The zero-order valence-electron chi connectivity index (χ0n) is 15.4. The average Bonchev–Trinajstić information content (AvgIpc) is 2.58. The highest BCUT2D eigenvalue weighted by atomic mass is 16.5. The first-order valence-electron chi connectivity index (χ1n) is 8.28. The number of hydrogen-bond acceptors (Lipinski definition) is 3. The molecule has 4 nitrogen and oxygen atoms in total. The normalized spacial score (nSPS) is 13.8. The summed E-state index contributed by atoms with van der Waals surface area (Å²) in [5.41, 5.74) is 1.45. The number of hydrogen-bond donors (Lipinski definition) is 1. The fourth-order valence-corrected chi connectivity index (χ4v) is 3.24. The van der Waals surface area contributed by atoms with Gasteiger partial charge in [0.05, 0.1) is 20.1 Å². The van der Waals surface area contributed by atoms with Gasteiger partial charge in [0.25, 0.3) is 0 Å². The zero-order chi connectivity index (χ0) is 18.6. The summed E-state index contributed by atoms with van der Waals surface area (Å²) in [5.74, 6) is -0.229. The monoisotopic (exact) mass is 342 g/mol. The third-order valence-corrected chi connectivity index (χ3v) is 4.46. The lowest BCUT2D eigenvalue weighted by molar-refractivity contribution is -0.146. The summed E-state index contributed by atoms with van der Waals surface area (Å²) in [6, 6.07) is 15.2. The molecule has 2 aromatic carbocycles. The molecule has 2 rings (SSSR count). The van der Waals surface area contributed by atoms with Gasteiger partial charge in [-0.3, -0.25) is 4.79 Å². The van der Waals surface area contributed by atoms with Crippen LogP contribution in [0.3, 0.4) is 0 Å². The van der Waals surface area contributed by atoms with Gasteiger partial charge in [-0.05, 0) is 40.8 Å². The second kappa shape index (κ2) is 7.60. The maximum atomic E-state index is 12.2. The minimum absolute atomic E-state index is 0.293. The van der Waals surface area contributed by atoms with E-state index in [1.54, 1.807) is 14.2 Å². The maximum absolute atomic E-state index is 12.2. The van der Waals surface area contributed by atoms with Crippen LogP contribution in [0.15, 0.2) is 48.5 Å². The molecule has 2 aromatic rings. The lowest BCUT2D eigenvalue weighted by atomic mass is 9.68. The van der Waals surface area contributed by atoms with Gasteiger partial charge in [0, 0.05) is 5.92 Å². The third-order valence-electron chi connectivity index (χ3n) is 4.46. The average molecular weight is 342 g/mol. The predicted molar refractivity (Wildman–Crippen MR) is 98.4 cm³/mol. The largest absolute Gasteiger partial charge is 0.497 e. The van der Waals surface area contributed by atoms with E-state index in [1.165, 1.54) is 0 Å². The van der Waals surface area contributed by atoms with Gasteiger partial charge in [-0.15, -0.1) is 0 Å². The molecule has 0 aliphatic heterocycles. The van der Waals surface area contributed by atoms with Gasteiger partial charge in [-0.25, -0.2) is 0 Å². The number of ether oxygens (including phenoxy) is 2. The molecule has 2 atom stereocenters. The molecule has 1 N–H and O–H groups in total. The van der Waals surface area contributed by atoms with Crippen molar-refractivity contribution in [1.29, 1.82) is 0 Å². The van der Waals surface area contributed by atoms with Crippen molar-refractivity contribution < 1.29 is 19.4 Å². The maximum Gasteiger partial charge on any atom is 0.307 e. The Morgan fingerprint density at radius 2 is 1.52 bits per heavy atom. The van der Waals surface area contributed by atoms with E-state index in [4.69, 9.17) is 9.47 Å². The van der Waals surface area contributed by atoms with Crippen molar-refractivity contribution in [1.82, 2.24) is 0 Å². The molecule has 0 saturated carbocycles. The molecule has 0 aliphatic carbocycles. The number of benzene rings is 2. The van der Waals surface area contributed by atoms with E-state index < -0.39 is 17.3 Å². The van der Waals surface area contributed by atoms with Crippen molar-refractivity contribution in [2.75, 3.05) is 14.2 Å². The van der Waals surface area contributed by atoms with Crippen LogP contribution in [0.2, 0.25) is 0 Å². The minimum atomic E-state index is -0.809. The summed E-state index contributed by atoms with van der Waals surface area (Å²) in [7, 11) is 3.23. The minimum Gasteiger partial charge on any atom is -0.497 e. The summed E-state index contributed by atoms with van der Waals surface area (Å²) in [6.45, 7) is 5.88. The molecule has 0 saturated heterocycles. The van der Waals surface area contributed by atoms with Crippen molar-refractivity contribution in [3.63, 3.8) is 0 Å². The summed E-state index contributed by atoms with van der Waals surface area (Å²) in [6.07, 6.45) is 0. The highest BCUT2D eigenvalue weighted by Gasteiger charge is 2.39. The first-order valence-corrected chi connectivity index (χ1v) is 8.28. The molecule has 0 heterocycles. The van der Waals surface area contributed by atoms with Crippen LogP contribution < -0.4 is 9.47 Å². The summed E-state index contributed by atoms with van der Waals surface area (Å²) < 4.78 is 10.6. The highest BCUT2D eigenvalue weighted by Crippen LogP contribution is 2.43. The Bertz CT molecular complexity index is 713. The second-order valence-electron chi connectivity index (χ2n) is 7.21. The summed E-state index contributed by atoms with van der Waals surface area (Å²) in [5, 5.41) is 9.97. The molecule has 0 aliphatic rings. The molecule has 0 radical (unpaired) electrons. The van der Waals surface area contributed by atoms with E-state index in [0.29, 0.717) is 5.75 Å². The quantitative estimate of drug-likeness (QED) is 0.835. The Hall–Kier alpha value is -2.49. The van der Waals surface area contributed by atoms with Gasteiger partial charge in [0.1, 0.15) is 11.5 Å². The first-order chi connectivity index (χ1) is 11.8. The van der Waals surface area contributed by atoms with E-state index in [-0.39, 0.29) is 5.92 Å². The van der Waals surface area contributed by atoms with Crippen molar-refractivity contribution >= 4 is 5.97 Å². The standard InChI is InChI=1S/C21H26O4/c1-21(2,3)19(20(22)23)18(14-9-11-16(24-4)12-10-14)15-7-6-8-17(13-15)25-5/h6-13,18-19H,1-5H3,(H,22,23)/t18?,19-/m1/s1. The number of carbonyl (C=O) groups is 1. The van der Waals surface area contributed by atoms with Crippen molar-refractivity contribution in [3.05, 3.63) is 59.7 Å². The fraction of sp³-hybridized carbons (Fsp3) is 0.381. The molecule has 0 aromatic heterocycles. The van der Waals surface area contributed by atoms with E-state index in [1.807, 2.05) is 69.3 Å². The topological polar surface area (TPSA) is 55.8 Å². The van der Waals surface area contributed by atoms with Gasteiger partial charge in [-0.1, -0.05) is 45.0 Å². The number of carboxylic acids is 1. The van der Waals surface area contributed by atoms with E-state index in [0.717, 1.165) is 16.9 Å². The molecule has 0 fully saturated rings. The number of methoxy groups -OCH3 is 2. The molecule has 0 bridgehead atoms. The van der Waals surface area contributed by atoms with Crippen LogP contribution in [-0.2, 0) is 4.79 Å². The zero-order valence-corrected chi connectivity index (χ0v) is 15.4. The molecule has 0 amide bonds. The van der Waals surface area contributed by atoms with Crippen LogP contribution >= 0.6 is 0 Å². The van der Waals surface area contributed by atoms with Crippen molar-refractivity contribution in [2.24, 2.45) is 11.3 Å². The smallest absolute Gasteiger partial charge is 0.307 e. The molecule has 0 spiro atoms. The Kier molecular flexibility index (Phi) is 5.73. The first kappa shape index (κ1) is 18.8. The number of rotatable bonds is 6. The third kappa shape index (κ3) is 4.32. The van der Waals surface area contributed by atoms with Crippen molar-refractivity contribution in [2.45, 2.75) is 26.7 Å². The van der Waals surface area contributed by atoms with Crippen LogP contribution in [0.1, 0.15) is 37.8 Å². The van der Waals surface area contributed by atoms with Gasteiger partial charge in [-0.2, -0.15) is 0 Å². The Balaban J connectivity index is 2.62. The summed E-state index contributed by atoms with van der Waals surface area (Å²) >= 11 is 0. The molecule has 134 valence electrons. The van der Waals surface area contributed by atoms with Crippen LogP contribution in [-0.4, -0.2) is 25.3 Å². The van der Waals surface area contributed by atoms with Gasteiger partial charge >= 0.3 is 5.97 Å². The molecule has 1 unspecified atom stereocenters. The number of carboxylic acid groups (broad SMARTS) is 1. The highest BCUT2D eigenvalue weighted by molar-refractivity contribution is 5.73. The van der Waals surface area contributed by atoms with Gasteiger partial charge in [0.15, 0.2) is 0 Å². The van der Waals surface area contributed by atoms with Crippen LogP contribution in [0.4, 0.5) is 0 Å². The fourth-order valence-electron chi connectivity index (χ4n) is 3.24. The molecule has 25 heavy (non-hydrogen) atoms.